The van der Waals surface area contributed by atoms with Gasteiger partial charge in [-0.2, -0.15) is 5.10 Å². The molecule has 1 heterocycles. The van der Waals surface area contributed by atoms with Crippen LogP contribution in [0.4, 0.5) is 0 Å². The molecule has 0 saturated heterocycles. The molecule has 0 aliphatic rings. The van der Waals surface area contributed by atoms with E-state index in [0.717, 1.165) is 0 Å². The number of rotatable bonds is 5. The Morgan fingerprint density at radius 3 is 2.76 bits per heavy atom. The van der Waals surface area contributed by atoms with Crippen LogP contribution >= 0.6 is 11.6 Å². The van der Waals surface area contributed by atoms with E-state index in [9.17, 15) is 9.59 Å². The highest BCUT2D eigenvalue weighted by Crippen LogP contribution is 2.11. The Balaban J connectivity index is 1.78. The number of amides is 2. The Morgan fingerprint density at radius 1 is 1.24 bits per heavy atom. The molecule has 21 heavy (non-hydrogen) atoms. The second-order valence-corrected chi connectivity index (χ2v) is 4.38. The Bertz CT molecular complexity index is 653. The molecule has 0 aliphatic carbocycles. The molecule has 0 radical (unpaired) electrons. The van der Waals surface area contributed by atoms with E-state index in [1.165, 1.54) is 18.5 Å². The van der Waals surface area contributed by atoms with Gasteiger partial charge in [-0.25, -0.2) is 5.43 Å². The van der Waals surface area contributed by atoms with Crippen LogP contribution in [0.15, 0.2) is 52.2 Å². The van der Waals surface area contributed by atoms with Gasteiger partial charge in [-0.3, -0.25) is 9.59 Å². The van der Waals surface area contributed by atoms with Crippen molar-refractivity contribution in [3.63, 3.8) is 0 Å². The van der Waals surface area contributed by atoms with E-state index in [-0.39, 0.29) is 12.3 Å². The van der Waals surface area contributed by atoms with E-state index in [1.807, 2.05) is 0 Å². The summed E-state index contributed by atoms with van der Waals surface area (Å²) in [6, 6.07) is 10.2. The Labute approximate surface area is 125 Å². The summed E-state index contributed by atoms with van der Waals surface area (Å²) in [6.07, 6.45) is 2.80. The Hall–Kier alpha value is -2.60. The summed E-state index contributed by atoms with van der Waals surface area (Å²) < 4.78 is 4.89. The lowest BCUT2D eigenvalue weighted by Crippen LogP contribution is -2.34. The zero-order valence-corrected chi connectivity index (χ0v) is 11.6. The molecular formula is C14H12ClN3O3. The van der Waals surface area contributed by atoms with Crippen LogP contribution in [-0.4, -0.2) is 24.6 Å². The molecule has 2 rings (SSSR count). The first-order chi connectivity index (χ1) is 10.2. The van der Waals surface area contributed by atoms with Crippen molar-refractivity contribution < 1.29 is 14.0 Å². The summed E-state index contributed by atoms with van der Waals surface area (Å²) in [5.74, 6) is -0.786. The number of hydrogen-bond donors (Lipinski definition) is 2. The third-order valence-corrected chi connectivity index (χ3v) is 2.80. The van der Waals surface area contributed by atoms with E-state index >= 15 is 0 Å². The third kappa shape index (κ3) is 4.47. The van der Waals surface area contributed by atoms with Gasteiger partial charge in [-0.05, 0) is 18.2 Å². The maximum atomic E-state index is 11.5. The molecule has 2 amide bonds. The number of furan rings is 1. The number of halogens is 1. The molecule has 0 atom stereocenters. The fourth-order valence-corrected chi connectivity index (χ4v) is 1.63. The zero-order valence-electron chi connectivity index (χ0n) is 10.9. The number of benzene rings is 1. The summed E-state index contributed by atoms with van der Waals surface area (Å²) in [4.78, 5) is 23.0. The van der Waals surface area contributed by atoms with Crippen LogP contribution in [0.25, 0.3) is 0 Å². The monoisotopic (exact) mass is 305 g/mol. The molecule has 1 aromatic heterocycles. The average molecular weight is 306 g/mol. The Kier molecular flexibility index (Phi) is 5.11. The maximum absolute atomic E-state index is 11.5. The van der Waals surface area contributed by atoms with E-state index < -0.39 is 11.8 Å². The lowest BCUT2D eigenvalue weighted by atomic mass is 10.2. The molecule has 6 nitrogen and oxygen atoms in total. The highest BCUT2D eigenvalue weighted by Gasteiger charge is 2.09. The minimum absolute atomic E-state index is 0.141. The van der Waals surface area contributed by atoms with Gasteiger partial charge in [-0.15, -0.1) is 0 Å². The van der Waals surface area contributed by atoms with E-state index in [4.69, 9.17) is 16.0 Å². The Morgan fingerprint density at radius 2 is 2.05 bits per heavy atom. The molecule has 108 valence electrons. The van der Waals surface area contributed by atoms with E-state index in [2.05, 4.69) is 15.8 Å². The summed E-state index contributed by atoms with van der Waals surface area (Å²) in [5, 5.41) is 6.69. The first kappa shape index (κ1) is 14.8. The van der Waals surface area contributed by atoms with Gasteiger partial charge in [-0.1, -0.05) is 29.8 Å². The molecule has 2 N–H and O–H groups in total. The van der Waals surface area contributed by atoms with Gasteiger partial charge in [0, 0.05) is 10.6 Å². The van der Waals surface area contributed by atoms with Crippen molar-refractivity contribution in [3.8, 4) is 0 Å². The molecule has 0 fully saturated rings. The van der Waals surface area contributed by atoms with Gasteiger partial charge < -0.3 is 9.73 Å². The summed E-state index contributed by atoms with van der Waals surface area (Å²) in [7, 11) is 0. The molecular weight excluding hydrogens is 294 g/mol. The number of carbonyl (C=O) groups excluding carboxylic acids is 2. The summed E-state index contributed by atoms with van der Waals surface area (Å²) in [6.45, 7) is -0.209. The van der Waals surface area contributed by atoms with Crippen LogP contribution < -0.4 is 10.7 Å². The van der Waals surface area contributed by atoms with Gasteiger partial charge in [0.2, 0.25) is 0 Å². The first-order valence-electron chi connectivity index (χ1n) is 6.05. The van der Waals surface area contributed by atoms with Crippen molar-refractivity contribution in [2.45, 2.75) is 0 Å². The van der Waals surface area contributed by atoms with Crippen LogP contribution in [-0.2, 0) is 4.79 Å². The van der Waals surface area contributed by atoms with Crippen LogP contribution in [0.5, 0.6) is 0 Å². The predicted molar refractivity (Wildman–Crippen MR) is 78.2 cm³/mol. The van der Waals surface area contributed by atoms with Crippen molar-refractivity contribution in [2.75, 3.05) is 6.54 Å². The van der Waals surface area contributed by atoms with E-state index in [1.54, 1.807) is 30.3 Å². The SMILES string of the molecule is O=C(CNC(=O)c1ccco1)N/N=C/c1ccccc1Cl. The van der Waals surface area contributed by atoms with Crippen molar-refractivity contribution in [3.05, 3.63) is 59.0 Å². The normalized spacial score (nSPS) is 10.5. The lowest BCUT2D eigenvalue weighted by Gasteiger charge is -2.02. The molecule has 1 aromatic carbocycles. The molecule has 0 spiro atoms. The molecule has 0 bridgehead atoms. The maximum Gasteiger partial charge on any atom is 0.287 e. The van der Waals surface area contributed by atoms with Crippen LogP contribution in [0.3, 0.4) is 0 Å². The second kappa shape index (κ2) is 7.25. The third-order valence-electron chi connectivity index (χ3n) is 2.45. The number of carbonyl (C=O) groups is 2. The minimum Gasteiger partial charge on any atom is -0.459 e. The largest absolute Gasteiger partial charge is 0.459 e. The minimum atomic E-state index is -0.467. The fraction of sp³-hybridized carbons (Fsp3) is 0.0714. The van der Waals surface area contributed by atoms with Gasteiger partial charge >= 0.3 is 0 Å². The van der Waals surface area contributed by atoms with E-state index in [0.29, 0.717) is 10.6 Å². The predicted octanol–water partition coefficient (Wildman–Crippen LogP) is 1.81. The average Bonchev–Trinajstić information content (AvgIpc) is 3.01. The summed E-state index contributed by atoms with van der Waals surface area (Å²) >= 11 is 5.93. The zero-order chi connectivity index (χ0) is 15.1. The van der Waals surface area contributed by atoms with Gasteiger partial charge in [0.15, 0.2) is 5.76 Å². The highest BCUT2D eigenvalue weighted by atomic mass is 35.5. The molecule has 0 aliphatic heterocycles. The molecule has 0 saturated carbocycles. The first-order valence-corrected chi connectivity index (χ1v) is 6.43. The number of nitrogens with zero attached hydrogens (tertiary/aromatic N) is 1. The standard InChI is InChI=1S/C14H12ClN3O3/c15-11-5-2-1-4-10(11)8-17-18-13(19)9-16-14(20)12-6-3-7-21-12/h1-8H,9H2,(H,16,20)(H,18,19)/b17-8+. The van der Waals surface area contributed by atoms with Gasteiger partial charge in [0.1, 0.15) is 0 Å². The quantitative estimate of drug-likeness (QED) is 0.653. The topological polar surface area (TPSA) is 83.7 Å². The van der Waals surface area contributed by atoms with Crippen molar-refractivity contribution >= 4 is 29.6 Å². The number of hydrazone groups is 1. The number of hydrogen-bond acceptors (Lipinski definition) is 4. The highest BCUT2D eigenvalue weighted by molar-refractivity contribution is 6.33. The van der Waals surface area contributed by atoms with Crippen molar-refractivity contribution in [1.82, 2.24) is 10.7 Å². The van der Waals surface area contributed by atoms with Crippen LogP contribution in [0.1, 0.15) is 16.1 Å². The van der Waals surface area contributed by atoms with Gasteiger partial charge in [0.25, 0.3) is 11.8 Å². The fourth-order valence-electron chi connectivity index (χ4n) is 1.45. The number of nitrogens with one attached hydrogen (secondary N) is 2. The van der Waals surface area contributed by atoms with Crippen LogP contribution in [0, 0.1) is 0 Å². The molecule has 2 aromatic rings. The smallest absolute Gasteiger partial charge is 0.287 e. The van der Waals surface area contributed by atoms with Gasteiger partial charge in [0.05, 0.1) is 19.0 Å². The molecule has 0 unspecified atom stereocenters. The van der Waals surface area contributed by atoms with Crippen molar-refractivity contribution in [2.24, 2.45) is 5.10 Å². The van der Waals surface area contributed by atoms with Crippen LogP contribution in [0.2, 0.25) is 5.02 Å². The lowest BCUT2D eigenvalue weighted by molar-refractivity contribution is -0.120. The summed E-state index contributed by atoms with van der Waals surface area (Å²) in [5.41, 5.74) is 2.97. The second-order valence-electron chi connectivity index (χ2n) is 3.97. The molecule has 7 heteroatoms. The van der Waals surface area contributed by atoms with Crippen molar-refractivity contribution in [1.29, 1.82) is 0 Å².